The van der Waals surface area contributed by atoms with E-state index in [-0.39, 0.29) is 10.0 Å². The van der Waals surface area contributed by atoms with Crippen molar-refractivity contribution in [1.29, 1.82) is 0 Å². The molecule has 0 fully saturated rings. The number of aryl methyl sites for hydroxylation is 2. The second kappa shape index (κ2) is 4.00. The van der Waals surface area contributed by atoms with E-state index < -0.39 is 14.9 Å². The fourth-order valence-corrected chi connectivity index (χ4v) is 3.53. The highest BCUT2D eigenvalue weighted by Gasteiger charge is 2.21. The Morgan fingerprint density at radius 3 is 2.65 bits per heavy atom. The zero-order valence-electron chi connectivity index (χ0n) is 8.97. The number of nitrogens with one attached hydrogen (secondary N) is 2. The highest BCUT2D eigenvalue weighted by atomic mass is 32.2. The minimum atomic E-state index is -3.80. The second-order valence-corrected chi connectivity index (χ2v) is 6.22. The molecule has 92 valence electrons. The molecule has 0 aliphatic heterocycles. The predicted molar refractivity (Wildman–Crippen MR) is 61.7 cm³/mol. The monoisotopic (exact) mass is 275 g/mol. The van der Waals surface area contributed by atoms with E-state index in [1.54, 1.807) is 6.92 Å². The molecule has 17 heavy (non-hydrogen) atoms. The number of rotatable bonds is 3. The van der Waals surface area contributed by atoms with Gasteiger partial charge in [-0.3, -0.25) is 9.52 Å². The van der Waals surface area contributed by atoms with Crippen LogP contribution in [0.25, 0.3) is 0 Å². The summed E-state index contributed by atoms with van der Waals surface area (Å²) in [5, 5.41) is 3.51. The first-order valence-corrected chi connectivity index (χ1v) is 6.84. The molecule has 9 heteroatoms. The van der Waals surface area contributed by atoms with Crippen LogP contribution in [-0.4, -0.2) is 18.6 Å². The van der Waals surface area contributed by atoms with Gasteiger partial charge in [0.05, 0.1) is 0 Å². The van der Waals surface area contributed by atoms with Gasteiger partial charge in [-0.05, 0) is 13.8 Å². The van der Waals surface area contributed by atoms with E-state index in [9.17, 15) is 13.2 Å². The lowest BCUT2D eigenvalue weighted by Crippen LogP contribution is -2.12. The van der Waals surface area contributed by atoms with Gasteiger partial charge in [0.2, 0.25) is 0 Å². The van der Waals surface area contributed by atoms with Crippen LogP contribution in [0.4, 0.5) is 5.82 Å². The number of hydrogen-bond acceptors (Lipinski definition) is 6. The standard InChI is InChI=1S/C8H9N3O4S2/c1-4-3-6(10-15-4)11-17(13,14)7-5(2)9-8(12)16-7/h3H,1-2H3,(H,9,12)(H,10,11). The Kier molecular flexibility index (Phi) is 2.79. The van der Waals surface area contributed by atoms with Crippen molar-refractivity contribution >= 4 is 27.2 Å². The Morgan fingerprint density at radius 2 is 2.18 bits per heavy atom. The topological polar surface area (TPSA) is 105 Å². The molecule has 0 radical (unpaired) electrons. The summed E-state index contributed by atoms with van der Waals surface area (Å²) in [5.74, 6) is 0.574. The molecule has 0 atom stereocenters. The van der Waals surface area contributed by atoms with E-state index in [1.165, 1.54) is 13.0 Å². The number of thiazole rings is 1. The van der Waals surface area contributed by atoms with Crippen molar-refractivity contribution in [1.82, 2.24) is 10.1 Å². The maximum Gasteiger partial charge on any atom is 0.306 e. The number of aromatic amines is 1. The van der Waals surface area contributed by atoms with Gasteiger partial charge in [0, 0.05) is 11.8 Å². The Balaban J connectivity index is 2.37. The Labute approximate surface area is 101 Å². The normalized spacial score (nSPS) is 11.6. The molecule has 2 aromatic heterocycles. The molecule has 0 aliphatic carbocycles. The van der Waals surface area contributed by atoms with Crippen molar-refractivity contribution < 1.29 is 12.9 Å². The van der Waals surface area contributed by atoms with Gasteiger partial charge in [-0.15, -0.1) is 0 Å². The van der Waals surface area contributed by atoms with Crippen LogP contribution in [-0.2, 0) is 10.0 Å². The van der Waals surface area contributed by atoms with Crippen molar-refractivity contribution in [3.63, 3.8) is 0 Å². The van der Waals surface area contributed by atoms with Crippen molar-refractivity contribution in [3.8, 4) is 0 Å². The summed E-state index contributed by atoms with van der Waals surface area (Å²) in [6.45, 7) is 3.16. The molecule has 7 nitrogen and oxygen atoms in total. The summed E-state index contributed by atoms with van der Waals surface area (Å²) < 4.78 is 30.7. The van der Waals surface area contributed by atoms with Gasteiger partial charge in [-0.2, -0.15) is 0 Å². The molecular formula is C8H9N3O4S2. The molecule has 2 N–H and O–H groups in total. The molecule has 2 rings (SSSR count). The highest BCUT2D eigenvalue weighted by Crippen LogP contribution is 2.19. The fourth-order valence-electron chi connectivity index (χ4n) is 1.25. The third-order valence-corrected chi connectivity index (χ3v) is 4.85. The summed E-state index contributed by atoms with van der Waals surface area (Å²) in [6.07, 6.45) is 0. The minimum absolute atomic E-state index is 0.0526. The largest absolute Gasteiger partial charge is 0.360 e. The number of sulfonamides is 1. The molecule has 0 aliphatic rings. The lowest BCUT2D eigenvalue weighted by molar-refractivity contribution is 0.400. The van der Waals surface area contributed by atoms with Crippen molar-refractivity contribution in [2.45, 2.75) is 18.1 Å². The zero-order valence-corrected chi connectivity index (χ0v) is 10.6. The molecule has 0 aromatic carbocycles. The molecule has 0 saturated carbocycles. The zero-order chi connectivity index (χ0) is 12.6. The van der Waals surface area contributed by atoms with Crippen LogP contribution in [0.15, 0.2) is 19.6 Å². The van der Waals surface area contributed by atoms with E-state index >= 15 is 0 Å². The van der Waals surface area contributed by atoms with E-state index in [0.717, 1.165) is 0 Å². The van der Waals surface area contributed by atoms with Gasteiger partial charge in [0.1, 0.15) is 5.76 Å². The molecule has 2 aromatic rings. The van der Waals surface area contributed by atoms with Crippen LogP contribution < -0.4 is 9.60 Å². The smallest absolute Gasteiger partial charge is 0.306 e. The van der Waals surface area contributed by atoms with Crippen LogP contribution in [0.3, 0.4) is 0 Å². The first kappa shape index (κ1) is 11.9. The molecule has 0 spiro atoms. The second-order valence-electron chi connectivity index (χ2n) is 3.36. The molecular weight excluding hydrogens is 266 g/mol. The van der Waals surface area contributed by atoms with E-state index in [4.69, 9.17) is 4.52 Å². The predicted octanol–water partition coefficient (Wildman–Crippen LogP) is 0.842. The number of aromatic nitrogens is 2. The summed E-state index contributed by atoms with van der Waals surface area (Å²) in [4.78, 5) is 13.0. The van der Waals surface area contributed by atoms with Crippen molar-refractivity contribution in [2.24, 2.45) is 0 Å². The molecule has 0 bridgehead atoms. The maximum atomic E-state index is 11.9. The summed E-state index contributed by atoms with van der Waals surface area (Å²) in [5.41, 5.74) is 0.299. The van der Waals surface area contributed by atoms with E-state index in [0.29, 0.717) is 22.8 Å². The lowest BCUT2D eigenvalue weighted by Gasteiger charge is -2.01. The van der Waals surface area contributed by atoms with Gasteiger partial charge >= 0.3 is 4.87 Å². The number of hydrogen-bond donors (Lipinski definition) is 2. The van der Waals surface area contributed by atoms with Gasteiger partial charge < -0.3 is 9.51 Å². The summed E-state index contributed by atoms with van der Waals surface area (Å²) in [7, 11) is -3.80. The SMILES string of the molecule is Cc1cc(NS(=O)(=O)c2sc(=O)[nH]c2C)no1. The van der Waals surface area contributed by atoms with Crippen LogP contribution in [0.2, 0.25) is 0 Å². The van der Waals surface area contributed by atoms with Crippen LogP contribution >= 0.6 is 11.3 Å². The first-order valence-electron chi connectivity index (χ1n) is 4.54. The fraction of sp³-hybridized carbons (Fsp3) is 0.250. The van der Waals surface area contributed by atoms with E-state index in [1.807, 2.05) is 0 Å². The van der Waals surface area contributed by atoms with E-state index in [2.05, 4.69) is 14.9 Å². The summed E-state index contributed by atoms with van der Waals surface area (Å²) >= 11 is 0.627. The molecule has 0 unspecified atom stereocenters. The Bertz CT molecular complexity index is 694. The minimum Gasteiger partial charge on any atom is -0.360 e. The molecule has 2 heterocycles. The van der Waals surface area contributed by atoms with Crippen LogP contribution in [0.5, 0.6) is 0 Å². The first-order chi connectivity index (χ1) is 7.88. The average molecular weight is 275 g/mol. The van der Waals surface area contributed by atoms with Crippen LogP contribution in [0.1, 0.15) is 11.5 Å². The van der Waals surface area contributed by atoms with Crippen molar-refractivity contribution in [2.75, 3.05) is 4.72 Å². The van der Waals surface area contributed by atoms with Gasteiger partial charge in [0.25, 0.3) is 10.0 Å². The van der Waals surface area contributed by atoms with Crippen molar-refractivity contribution in [3.05, 3.63) is 27.2 Å². The third kappa shape index (κ3) is 2.39. The number of H-pyrrole nitrogens is 1. The number of anilines is 1. The number of nitrogens with zero attached hydrogens (tertiary/aromatic N) is 1. The van der Waals surface area contributed by atoms with Gasteiger partial charge in [0.15, 0.2) is 10.0 Å². The molecule has 0 saturated heterocycles. The third-order valence-electron chi connectivity index (χ3n) is 1.89. The summed E-state index contributed by atoms with van der Waals surface area (Å²) in [6, 6.07) is 1.45. The van der Waals surface area contributed by atoms with Gasteiger partial charge in [-0.25, -0.2) is 8.42 Å². The Morgan fingerprint density at radius 1 is 1.47 bits per heavy atom. The van der Waals surface area contributed by atoms with Crippen LogP contribution in [0, 0.1) is 13.8 Å². The Hall–Kier alpha value is -1.61. The highest BCUT2D eigenvalue weighted by molar-refractivity contribution is 7.94. The maximum absolute atomic E-state index is 11.9. The average Bonchev–Trinajstić information content (AvgIpc) is 2.72. The van der Waals surface area contributed by atoms with Gasteiger partial charge in [-0.1, -0.05) is 16.5 Å². The quantitative estimate of drug-likeness (QED) is 0.863. The molecule has 0 amide bonds. The lowest BCUT2D eigenvalue weighted by atomic mass is 10.5.